The Kier molecular flexibility index (Phi) is 6.10. The van der Waals surface area contributed by atoms with Crippen LogP contribution in [-0.4, -0.2) is 38.0 Å². The van der Waals surface area contributed by atoms with Gasteiger partial charge in [0.15, 0.2) is 0 Å². The van der Waals surface area contributed by atoms with E-state index in [0.29, 0.717) is 25.7 Å². The monoisotopic (exact) mass is 332 g/mol. The van der Waals surface area contributed by atoms with Crippen LogP contribution < -0.4 is 10.6 Å². The van der Waals surface area contributed by atoms with Gasteiger partial charge >= 0.3 is 6.03 Å². The summed E-state index contributed by atoms with van der Waals surface area (Å²) in [7, 11) is 0. The zero-order chi connectivity index (χ0) is 16.8. The third-order valence-corrected chi connectivity index (χ3v) is 4.97. The molecule has 1 heterocycles. The molecular formula is C19H28N2O3. The fourth-order valence-corrected chi connectivity index (χ4v) is 3.66. The normalized spacial score (nSPS) is 24.7. The van der Waals surface area contributed by atoms with E-state index in [9.17, 15) is 4.79 Å². The van der Waals surface area contributed by atoms with Crippen LogP contribution in [0.3, 0.4) is 0 Å². The second kappa shape index (κ2) is 8.49. The molecule has 1 aliphatic carbocycles. The number of hydrogen-bond donors (Lipinski definition) is 2. The summed E-state index contributed by atoms with van der Waals surface area (Å²) in [6.45, 7) is 3.60. The number of ether oxygens (including phenoxy) is 2. The van der Waals surface area contributed by atoms with Crippen molar-refractivity contribution in [2.75, 3.05) is 25.1 Å². The molecule has 1 aromatic carbocycles. The Hall–Kier alpha value is -1.59. The molecule has 3 rings (SSSR count). The smallest absolute Gasteiger partial charge is 0.319 e. The SMILES string of the molecule is CCO[C@@H]1COC[C@H]1NC(=O)Nc1ccc(C2CCCCC2)cc1. The lowest BCUT2D eigenvalue weighted by Crippen LogP contribution is -2.45. The standard InChI is InChI=1S/C19H28N2O3/c1-2-24-18-13-23-12-17(18)21-19(22)20-16-10-8-15(9-11-16)14-6-4-3-5-7-14/h8-11,14,17-18H,2-7,12-13H2,1H3,(H2,20,21,22)/t17-,18-/m1/s1. The molecule has 5 heteroatoms. The fourth-order valence-electron chi connectivity index (χ4n) is 3.66. The number of benzene rings is 1. The number of carbonyl (C=O) groups excluding carboxylic acids is 1. The summed E-state index contributed by atoms with van der Waals surface area (Å²) in [6.07, 6.45) is 6.54. The van der Waals surface area contributed by atoms with Gasteiger partial charge in [0.25, 0.3) is 0 Å². The minimum Gasteiger partial charge on any atom is -0.376 e. The van der Waals surface area contributed by atoms with Crippen molar-refractivity contribution in [2.45, 2.75) is 57.1 Å². The van der Waals surface area contributed by atoms with Crippen LogP contribution >= 0.6 is 0 Å². The van der Waals surface area contributed by atoms with Gasteiger partial charge in [0.05, 0.1) is 19.3 Å². The Labute approximate surface area is 144 Å². The summed E-state index contributed by atoms with van der Waals surface area (Å²) in [6, 6.07) is 7.98. The molecule has 2 aliphatic rings. The number of hydrogen-bond acceptors (Lipinski definition) is 3. The predicted molar refractivity (Wildman–Crippen MR) is 94.4 cm³/mol. The van der Waals surface area contributed by atoms with Gasteiger partial charge in [-0.05, 0) is 43.4 Å². The van der Waals surface area contributed by atoms with Gasteiger partial charge < -0.3 is 20.1 Å². The van der Waals surface area contributed by atoms with Gasteiger partial charge in [-0.15, -0.1) is 0 Å². The van der Waals surface area contributed by atoms with E-state index in [4.69, 9.17) is 9.47 Å². The molecule has 0 spiro atoms. The van der Waals surface area contributed by atoms with Crippen molar-refractivity contribution < 1.29 is 14.3 Å². The van der Waals surface area contributed by atoms with E-state index in [-0.39, 0.29) is 18.2 Å². The number of anilines is 1. The first-order chi connectivity index (χ1) is 11.8. The highest BCUT2D eigenvalue weighted by Gasteiger charge is 2.30. The van der Waals surface area contributed by atoms with Crippen molar-refractivity contribution in [2.24, 2.45) is 0 Å². The molecule has 1 saturated carbocycles. The molecule has 2 fully saturated rings. The van der Waals surface area contributed by atoms with Crippen LogP contribution in [0.25, 0.3) is 0 Å². The number of amides is 2. The Morgan fingerprint density at radius 1 is 1.17 bits per heavy atom. The first kappa shape index (κ1) is 17.2. The second-order valence-electron chi connectivity index (χ2n) is 6.69. The lowest BCUT2D eigenvalue weighted by molar-refractivity contribution is 0.0428. The van der Waals surface area contributed by atoms with Gasteiger partial charge in [0.2, 0.25) is 0 Å². The van der Waals surface area contributed by atoms with Crippen molar-refractivity contribution in [1.29, 1.82) is 0 Å². The van der Waals surface area contributed by atoms with Crippen LogP contribution in [0.4, 0.5) is 10.5 Å². The van der Waals surface area contributed by atoms with Crippen LogP contribution in [0, 0.1) is 0 Å². The molecule has 2 amide bonds. The Morgan fingerprint density at radius 2 is 1.92 bits per heavy atom. The van der Waals surface area contributed by atoms with Gasteiger partial charge in [0.1, 0.15) is 6.10 Å². The minimum atomic E-state index is -0.208. The maximum absolute atomic E-state index is 12.2. The Balaban J connectivity index is 1.51. The molecule has 2 N–H and O–H groups in total. The Morgan fingerprint density at radius 3 is 2.62 bits per heavy atom. The molecule has 0 bridgehead atoms. The summed E-state index contributed by atoms with van der Waals surface area (Å²) >= 11 is 0. The van der Waals surface area contributed by atoms with Gasteiger partial charge in [-0.25, -0.2) is 4.79 Å². The van der Waals surface area contributed by atoms with Gasteiger partial charge in [-0.3, -0.25) is 0 Å². The second-order valence-corrected chi connectivity index (χ2v) is 6.69. The number of urea groups is 1. The molecule has 1 aromatic rings. The summed E-state index contributed by atoms with van der Waals surface area (Å²) in [4.78, 5) is 12.2. The lowest BCUT2D eigenvalue weighted by Gasteiger charge is -2.22. The van der Waals surface area contributed by atoms with Crippen molar-refractivity contribution in [1.82, 2.24) is 5.32 Å². The highest BCUT2D eigenvalue weighted by atomic mass is 16.5. The number of carbonyl (C=O) groups is 1. The largest absolute Gasteiger partial charge is 0.376 e. The number of nitrogens with one attached hydrogen (secondary N) is 2. The average Bonchev–Trinajstić information content (AvgIpc) is 3.03. The maximum Gasteiger partial charge on any atom is 0.319 e. The van der Waals surface area contributed by atoms with Crippen LogP contribution in [0.1, 0.15) is 50.5 Å². The zero-order valence-electron chi connectivity index (χ0n) is 14.4. The molecule has 1 saturated heterocycles. The summed E-state index contributed by atoms with van der Waals surface area (Å²) in [5.74, 6) is 0.684. The van der Waals surface area contributed by atoms with Crippen molar-refractivity contribution in [3.63, 3.8) is 0 Å². The molecule has 24 heavy (non-hydrogen) atoms. The van der Waals surface area contributed by atoms with Crippen LogP contribution in [0.2, 0.25) is 0 Å². The van der Waals surface area contributed by atoms with E-state index >= 15 is 0 Å². The molecular weight excluding hydrogens is 304 g/mol. The van der Waals surface area contributed by atoms with E-state index in [1.54, 1.807) is 0 Å². The van der Waals surface area contributed by atoms with Gasteiger partial charge in [-0.2, -0.15) is 0 Å². The topological polar surface area (TPSA) is 59.6 Å². The minimum absolute atomic E-state index is 0.0607. The highest BCUT2D eigenvalue weighted by molar-refractivity contribution is 5.89. The number of rotatable bonds is 5. The summed E-state index contributed by atoms with van der Waals surface area (Å²) in [5.41, 5.74) is 2.21. The zero-order valence-corrected chi connectivity index (χ0v) is 14.4. The van der Waals surface area contributed by atoms with E-state index in [1.165, 1.54) is 37.7 Å². The highest BCUT2D eigenvalue weighted by Crippen LogP contribution is 2.32. The summed E-state index contributed by atoms with van der Waals surface area (Å²) in [5, 5.41) is 5.84. The van der Waals surface area contributed by atoms with Crippen LogP contribution in [0.5, 0.6) is 0 Å². The maximum atomic E-state index is 12.2. The van der Waals surface area contributed by atoms with Gasteiger partial charge in [-0.1, -0.05) is 31.4 Å². The van der Waals surface area contributed by atoms with E-state index in [2.05, 4.69) is 22.8 Å². The first-order valence-corrected chi connectivity index (χ1v) is 9.13. The third kappa shape index (κ3) is 4.48. The van der Waals surface area contributed by atoms with Crippen molar-refractivity contribution in [3.05, 3.63) is 29.8 Å². The molecule has 1 aliphatic heterocycles. The quantitative estimate of drug-likeness (QED) is 0.865. The van der Waals surface area contributed by atoms with E-state index < -0.39 is 0 Å². The van der Waals surface area contributed by atoms with Crippen molar-refractivity contribution >= 4 is 11.7 Å². The predicted octanol–water partition coefficient (Wildman–Crippen LogP) is 3.66. The molecule has 0 aromatic heterocycles. The molecule has 0 radical (unpaired) electrons. The first-order valence-electron chi connectivity index (χ1n) is 9.13. The Bertz CT molecular complexity index is 526. The van der Waals surface area contributed by atoms with Crippen LogP contribution in [0.15, 0.2) is 24.3 Å². The molecule has 132 valence electrons. The lowest BCUT2D eigenvalue weighted by atomic mass is 9.84. The van der Waals surface area contributed by atoms with Crippen LogP contribution in [-0.2, 0) is 9.47 Å². The molecule has 0 unspecified atom stereocenters. The van der Waals surface area contributed by atoms with E-state index in [1.807, 2.05) is 19.1 Å². The third-order valence-electron chi connectivity index (χ3n) is 4.97. The van der Waals surface area contributed by atoms with Crippen molar-refractivity contribution in [3.8, 4) is 0 Å². The molecule has 5 nitrogen and oxygen atoms in total. The van der Waals surface area contributed by atoms with E-state index in [0.717, 1.165) is 5.69 Å². The fraction of sp³-hybridized carbons (Fsp3) is 0.632. The van der Waals surface area contributed by atoms with Gasteiger partial charge in [0, 0.05) is 12.3 Å². The average molecular weight is 332 g/mol. The molecule has 2 atom stereocenters. The summed E-state index contributed by atoms with van der Waals surface area (Å²) < 4.78 is 11.0.